The second-order valence-corrected chi connectivity index (χ2v) is 10.1. The van der Waals surface area contributed by atoms with Crippen molar-refractivity contribution in [2.75, 3.05) is 19.1 Å². The van der Waals surface area contributed by atoms with Crippen LogP contribution < -0.4 is 0 Å². The first-order valence-corrected chi connectivity index (χ1v) is 13.0. The first-order chi connectivity index (χ1) is 13.8. The molecule has 1 rings (SSSR count). The minimum Gasteiger partial charge on any atom is -0.465 e. The van der Waals surface area contributed by atoms with Gasteiger partial charge in [0.15, 0.2) is 0 Å². The minimum atomic E-state index is -2.37. The monoisotopic (exact) mass is 430 g/mol. The van der Waals surface area contributed by atoms with Gasteiger partial charge < -0.3 is 14.9 Å². The van der Waals surface area contributed by atoms with Crippen LogP contribution in [-0.2, 0) is 20.3 Å². The van der Waals surface area contributed by atoms with E-state index in [1.807, 2.05) is 0 Å². The van der Waals surface area contributed by atoms with E-state index < -0.39 is 22.6 Å². The fourth-order valence-electron chi connectivity index (χ4n) is 4.51. The molecule has 0 amide bonds. The van der Waals surface area contributed by atoms with E-state index in [0.29, 0.717) is 24.2 Å². The van der Waals surface area contributed by atoms with Gasteiger partial charge in [0, 0.05) is 29.2 Å². The Kier molecular flexibility index (Phi) is 13.0. The number of allylic oxidation sites excluding steroid dienone is 2. The summed E-state index contributed by atoms with van der Waals surface area (Å²) in [5.74, 6) is -0.939. The Morgan fingerprint density at radius 1 is 1.10 bits per heavy atom. The van der Waals surface area contributed by atoms with Crippen molar-refractivity contribution in [3.8, 4) is 0 Å². The number of ether oxygens (including phenoxy) is 1. The average molecular weight is 431 g/mol. The summed E-state index contributed by atoms with van der Waals surface area (Å²) in [4.78, 5) is 11.3. The van der Waals surface area contributed by atoms with Crippen molar-refractivity contribution in [3.05, 3.63) is 12.2 Å². The van der Waals surface area contributed by atoms with Gasteiger partial charge in [-0.2, -0.15) is 0 Å². The Bertz CT molecular complexity index is 517. The van der Waals surface area contributed by atoms with Crippen LogP contribution in [0.3, 0.4) is 0 Å². The van der Waals surface area contributed by atoms with Crippen LogP contribution in [0.25, 0.3) is 0 Å². The Labute approximate surface area is 179 Å². The highest BCUT2D eigenvalue weighted by molar-refractivity contribution is 7.84. The first kappa shape index (κ1) is 26.3. The van der Waals surface area contributed by atoms with Crippen LogP contribution in [0.5, 0.6) is 0 Å². The molecule has 0 aromatic heterocycles. The summed E-state index contributed by atoms with van der Waals surface area (Å²) in [5.41, 5.74) is 0. The van der Waals surface area contributed by atoms with E-state index in [1.54, 1.807) is 6.26 Å². The summed E-state index contributed by atoms with van der Waals surface area (Å²) in [5, 5.41) is 19.3. The molecule has 1 aliphatic rings. The van der Waals surface area contributed by atoms with Crippen LogP contribution in [-0.4, -0.2) is 45.3 Å². The summed E-state index contributed by atoms with van der Waals surface area (Å²) in [6, 6.07) is 0. The molecule has 1 fully saturated rings. The largest absolute Gasteiger partial charge is 0.465 e. The lowest BCUT2D eigenvalue weighted by atomic mass is 9.86. The van der Waals surface area contributed by atoms with Crippen molar-refractivity contribution < 1.29 is 24.0 Å². The van der Waals surface area contributed by atoms with Gasteiger partial charge in [-0.25, -0.2) is 4.79 Å². The number of carbonyl (C=O) groups excluding carboxylic acids is 1. The van der Waals surface area contributed by atoms with Crippen molar-refractivity contribution >= 4 is 16.8 Å². The lowest BCUT2D eigenvalue weighted by molar-refractivity contribution is -0.209. The first-order valence-electron chi connectivity index (χ1n) is 11.3. The van der Waals surface area contributed by atoms with Crippen LogP contribution >= 0.6 is 0 Å². The maximum atomic E-state index is 11.8. The molecule has 0 saturated heterocycles. The van der Waals surface area contributed by atoms with E-state index in [2.05, 4.69) is 23.8 Å². The van der Waals surface area contributed by atoms with E-state index in [9.17, 15) is 19.2 Å². The smallest absolute Gasteiger partial charge is 0.366 e. The molecule has 170 valence electrons. The average Bonchev–Trinajstić information content (AvgIpc) is 3.04. The molecule has 4 atom stereocenters. The van der Waals surface area contributed by atoms with Crippen LogP contribution in [0.2, 0.25) is 0 Å². The van der Waals surface area contributed by atoms with Crippen molar-refractivity contribution in [2.24, 2.45) is 17.8 Å². The fourth-order valence-corrected chi connectivity index (χ4v) is 5.50. The number of esters is 1. The number of hydrogen-bond donors (Lipinski definition) is 2. The van der Waals surface area contributed by atoms with Gasteiger partial charge in [-0.15, -0.1) is 0 Å². The van der Waals surface area contributed by atoms with Gasteiger partial charge in [-0.3, -0.25) is 4.21 Å². The normalized spacial score (nSPS) is 23.6. The second-order valence-electron chi connectivity index (χ2n) is 8.60. The van der Waals surface area contributed by atoms with Crippen LogP contribution in [0.4, 0.5) is 0 Å². The highest BCUT2D eigenvalue weighted by atomic mass is 32.2. The third-order valence-electron chi connectivity index (χ3n) is 6.14. The molecule has 2 N–H and O–H groups in total. The predicted molar refractivity (Wildman–Crippen MR) is 119 cm³/mol. The molecule has 1 unspecified atom stereocenters. The number of carbonyl (C=O) groups is 1. The SMILES string of the molecule is CCCCCCC=C[C@@H]1[C@H](CCCCCC(O)(O)C(=O)OC)CC[C@H]1CS(C)=O. The lowest BCUT2D eigenvalue weighted by Gasteiger charge is -2.22. The third-order valence-corrected chi connectivity index (χ3v) is 7.04. The number of rotatable bonds is 15. The van der Waals surface area contributed by atoms with Crippen molar-refractivity contribution in [3.63, 3.8) is 0 Å². The maximum Gasteiger partial charge on any atom is 0.366 e. The van der Waals surface area contributed by atoms with Crippen LogP contribution in [0.1, 0.15) is 84.0 Å². The van der Waals surface area contributed by atoms with Gasteiger partial charge in [-0.05, 0) is 56.3 Å². The number of hydrogen-bond acceptors (Lipinski definition) is 5. The maximum absolute atomic E-state index is 11.8. The van der Waals surface area contributed by atoms with Crippen molar-refractivity contribution in [2.45, 2.75) is 89.8 Å². The van der Waals surface area contributed by atoms with Gasteiger partial charge in [0.1, 0.15) is 0 Å². The van der Waals surface area contributed by atoms with Crippen LogP contribution in [0.15, 0.2) is 12.2 Å². The highest BCUT2D eigenvalue weighted by Crippen LogP contribution is 2.41. The van der Waals surface area contributed by atoms with Gasteiger partial charge in [0.25, 0.3) is 5.79 Å². The highest BCUT2D eigenvalue weighted by Gasteiger charge is 2.35. The third kappa shape index (κ3) is 10.2. The van der Waals surface area contributed by atoms with Crippen molar-refractivity contribution in [1.29, 1.82) is 0 Å². The lowest BCUT2D eigenvalue weighted by Crippen LogP contribution is -2.39. The topological polar surface area (TPSA) is 83.8 Å². The zero-order chi connectivity index (χ0) is 21.7. The molecule has 6 heteroatoms. The van der Waals surface area contributed by atoms with E-state index in [-0.39, 0.29) is 6.42 Å². The molecule has 1 saturated carbocycles. The minimum absolute atomic E-state index is 0.00285. The number of methoxy groups -OCH3 is 1. The van der Waals surface area contributed by atoms with Crippen molar-refractivity contribution in [1.82, 2.24) is 0 Å². The molecular formula is C23H42O5S. The molecule has 0 heterocycles. The molecule has 0 bridgehead atoms. The predicted octanol–water partition coefficient (Wildman–Crippen LogP) is 4.34. The molecule has 1 aliphatic carbocycles. The fraction of sp³-hybridized carbons (Fsp3) is 0.870. The molecule has 0 spiro atoms. The van der Waals surface area contributed by atoms with Gasteiger partial charge in [0.05, 0.1) is 7.11 Å². The van der Waals surface area contributed by atoms with E-state index >= 15 is 0 Å². The Hall–Kier alpha value is -0.720. The standard InChI is InChI=1S/C23H42O5S/c1-4-5-6-7-8-11-14-21-19(15-16-20(21)18-29(3)27)13-10-9-12-17-23(25,26)22(24)28-2/h11,14,19-21,25-26H,4-10,12-13,15-18H2,1-3H3/t19-,20+,21-,29?/m1/s1. The second kappa shape index (κ2) is 14.3. The summed E-state index contributed by atoms with van der Waals surface area (Å²) < 4.78 is 16.2. The summed E-state index contributed by atoms with van der Waals surface area (Å²) in [6.45, 7) is 2.23. The van der Waals surface area contributed by atoms with Gasteiger partial charge in [0.2, 0.25) is 0 Å². The molecule has 0 aliphatic heterocycles. The molecule has 5 nitrogen and oxygen atoms in total. The Balaban J connectivity index is 2.45. The molecule has 0 aromatic carbocycles. The zero-order valence-electron chi connectivity index (χ0n) is 18.6. The summed E-state index contributed by atoms with van der Waals surface area (Å²) in [6.07, 6.45) is 18.6. The number of aliphatic hydroxyl groups is 2. The van der Waals surface area contributed by atoms with Gasteiger partial charge in [-0.1, -0.05) is 51.2 Å². The molecule has 0 radical (unpaired) electrons. The quantitative estimate of drug-likeness (QED) is 0.175. The Morgan fingerprint density at radius 3 is 2.45 bits per heavy atom. The molecule has 0 aromatic rings. The summed E-state index contributed by atoms with van der Waals surface area (Å²) in [7, 11) is 0.393. The number of unbranched alkanes of at least 4 members (excludes halogenated alkanes) is 6. The summed E-state index contributed by atoms with van der Waals surface area (Å²) >= 11 is 0. The van der Waals surface area contributed by atoms with E-state index in [1.165, 1.54) is 32.1 Å². The zero-order valence-corrected chi connectivity index (χ0v) is 19.4. The van der Waals surface area contributed by atoms with E-state index in [4.69, 9.17) is 0 Å². The molecule has 29 heavy (non-hydrogen) atoms. The Morgan fingerprint density at radius 2 is 1.79 bits per heavy atom. The van der Waals surface area contributed by atoms with Gasteiger partial charge >= 0.3 is 5.97 Å². The van der Waals surface area contributed by atoms with E-state index in [0.717, 1.165) is 45.0 Å². The van der Waals surface area contributed by atoms with Crippen LogP contribution in [0, 0.1) is 17.8 Å². The molecular weight excluding hydrogens is 388 g/mol.